The molecule has 0 bridgehead atoms. The second-order valence-electron chi connectivity index (χ2n) is 5.65. The molecule has 128 valence electrons. The Morgan fingerprint density at radius 2 is 2.16 bits per heavy atom. The van der Waals surface area contributed by atoms with E-state index in [0.717, 1.165) is 27.7 Å². The normalized spacial score (nSPS) is 12.6. The minimum Gasteiger partial charge on any atom is -0.475 e. The van der Waals surface area contributed by atoms with Gasteiger partial charge >= 0.3 is 0 Å². The Bertz CT molecular complexity index is 914. The maximum Gasteiger partial charge on any atom is 0.241 e. The number of amides is 1. The van der Waals surface area contributed by atoms with Gasteiger partial charge in [-0.15, -0.1) is 0 Å². The molecule has 0 spiro atoms. The number of rotatable bonds is 6. The summed E-state index contributed by atoms with van der Waals surface area (Å²) in [7, 11) is 0. The zero-order chi connectivity index (χ0) is 17.8. The number of aromatic nitrogens is 3. The molecule has 1 unspecified atom stereocenters. The summed E-state index contributed by atoms with van der Waals surface area (Å²) in [6.45, 7) is 1.84. The van der Waals surface area contributed by atoms with Crippen molar-refractivity contribution in [2.24, 2.45) is 5.73 Å². The van der Waals surface area contributed by atoms with Gasteiger partial charge in [-0.05, 0) is 25.1 Å². The third-order valence-electron chi connectivity index (χ3n) is 3.53. The largest absolute Gasteiger partial charge is 0.475 e. The molecule has 1 atom stereocenters. The van der Waals surface area contributed by atoms with Crippen LogP contribution in [0.1, 0.15) is 12.5 Å². The number of nitrogens with zero attached hydrogens (tertiary/aromatic N) is 2. The second kappa shape index (κ2) is 7.14. The number of ether oxygens (including phenoxy) is 1. The number of aliphatic hydroxyl groups excluding tert-OH is 1. The third-order valence-corrected chi connectivity index (χ3v) is 3.53. The first kappa shape index (κ1) is 16.7. The molecule has 4 N–H and O–H groups in total. The summed E-state index contributed by atoms with van der Waals surface area (Å²) in [5, 5.41) is 10.1. The highest BCUT2D eigenvalue weighted by molar-refractivity contribution is 5.95. The minimum absolute atomic E-state index is 0.193. The summed E-state index contributed by atoms with van der Waals surface area (Å²) in [4.78, 5) is 22.6. The van der Waals surface area contributed by atoms with Gasteiger partial charge in [-0.2, -0.15) is 0 Å². The zero-order valence-corrected chi connectivity index (χ0v) is 13.6. The second-order valence-corrected chi connectivity index (χ2v) is 5.65. The molecule has 7 nitrogen and oxygen atoms in total. The summed E-state index contributed by atoms with van der Waals surface area (Å²) in [6.07, 6.45) is 7.61. The summed E-state index contributed by atoms with van der Waals surface area (Å²) in [6, 6.07) is 5.58. The van der Waals surface area contributed by atoms with Gasteiger partial charge in [0.15, 0.2) is 0 Å². The maximum atomic E-state index is 10.9. The summed E-state index contributed by atoms with van der Waals surface area (Å²) < 4.78 is 5.35. The van der Waals surface area contributed by atoms with E-state index >= 15 is 0 Å². The standard InChI is InChI=1S/C18H18N4O3/c1-11(23)10-25-17-5-3-12(7-20-17)14-6-15-13(2-4-16(19)24)8-21-18(15)22-9-14/h2-9,11,23H,10H2,1H3,(H2,19,24)(H,21,22)/b4-2+. The van der Waals surface area contributed by atoms with Crippen molar-refractivity contribution in [2.45, 2.75) is 13.0 Å². The molecular weight excluding hydrogens is 320 g/mol. The van der Waals surface area contributed by atoms with E-state index in [1.54, 1.807) is 37.7 Å². The molecule has 3 heterocycles. The molecule has 0 aliphatic rings. The van der Waals surface area contributed by atoms with Gasteiger partial charge in [-0.25, -0.2) is 9.97 Å². The maximum absolute atomic E-state index is 10.9. The predicted octanol–water partition coefficient (Wildman–Crippen LogP) is 1.88. The van der Waals surface area contributed by atoms with Gasteiger partial charge in [-0.1, -0.05) is 0 Å². The zero-order valence-electron chi connectivity index (χ0n) is 13.6. The average molecular weight is 338 g/mol. The van der Waals surface area contributed by atoms with Gasteiger partial charge in [0.25, 0.3) is 0 Å². The van der Waals surface area contributed by atoms with Gasteiger partial charge in [0.2, 0.25) is 11.8 Å². The van der Waals surface area contributed by atoms with Crippen LogP contribution in [0.3, 0.4) is 0 Å². The lowest BCUT2D eigenvalue weighted by Gasteiger charge is -2.08. The Kier molecular flexibility index (Phi) is 4.76. The smallest absolute Gasteiger partial charge is 0.241 e. The molecule has 0 saturated carbocycles. The Labute approximate surface area is 144 Å². The van der Waals surface area contributed by atoms with Crippen molar-refractivity contribution in [3.8, 4) is 17.0 Å². The van der Waals surface area contributed by atoms with Gasteiger partial charge in [-0.3, -0.25) is 4.79 Å². The Morgan fingerprint density at radius 1 is 1.36 bits per heavy atom. The molecule has 3 aromatic rings. The predicted molar refractivity (Wildman–Crippen MR) is 94.7 cm³/mol. The lowest BCUT2D eigenvalue weighted by atomic mass is 10.1. The van der Waals surface area contributed by atoms with Crippen LogP contribution in [0.25, 0.3) is 28.2 Å². The van der Waals surface area contributed by atoms with E-state index in [9.17, 15) is 9.90 Å². The number of H-pyrrole nitrogens is 1. The first-order chi connectivity index (χ1) is 12.0. The van der Waals surface area contributed by atoms with E-state index in [2.05, 4.69) is 15.0 Å². The van der Waals surface area contributed by atoms with Crippen LogP contribution in [0.2, 0.25) is 0 Å². The molecule has 1 amide bonds. The van der Waals surface area contributed by atoms with E-state index in [-0.39, 0.29) is 6.61 Å². The van der Waals surface area contributed by atoms with Crippen LogP contribution in [-0.2, 0) is 4.79 Å². The number of nitrogens with one attached hydrogen (secondary N) is 1. The van der Waals surface area contributed by atoms with Crippen LogP contribution in [0.4, 0.5) is 0 Å². The van der Waals surface area contributed by atoms with Crippen molar-refractivity contribution >= 4 is 23.0 Å². The van der Waals surface area contributed by atoms with Gasteiger partial charge in [0, 0.05) is 52.8 Å². The highest BCUT2D eigenvalue weighted by Gasteiger charge is 2.07. The van der Waals surface area contributed by atoms with E-state index < -0.39 is 12.0 Å². The fourth-order valence-electron chi connectivity index (χ4n) is 2.33. The first-order valence-corrected chi connectivity index (χ1v) is 7.75. The van der Waals surface area contributed by atoms with Crippen LogP contribution in [-0.4, -0.2) is 38.7 Å². The number of fused-ring (bicyclic) bond motifs is 1. The van der Waals surface area contributed by atoms with Crippen LogP contribution >= 0.6 is 0 Å². The number of pyridine rings is 2. The number of aromatic amines is 1. The number of hydrogen-bond acceptors (Lipinski definition) is 5. The molecule has 0 fully saturated rings. The Hall–Kier alpha value is -3.19. The van der Waals surface area contributed by atoms with Crippen molar-refractivity contribution in [2.75, 3.05) is 6.61 Å². The highest BCUT2D eigenvalue weighted by atomic mass is 16.5. The molecule has 0 radical (unpaired) electrons. The quantitative estimate of drug-likeness (QED) is 0.594. The molecular formula is C18H18N4O3. The topological polar surface area (TPSA) is 114 Å². The van der Waals surface area contributed by atoms with Gasteiger partial charge in [0.1, 0.15) is 12.3 Å². The van der Waals surface area contributed by atoms with Crippen molar-refractivity contribution in [3.05, 3.63) is 48.4 Å². The number of carbonyl (C=O) groups excluding carboxylic acids is 1. The average Bonchev–Trinajstić information content (AvgIpc) is 3.01. The number of hydrogen-bond donors (Lipinski definition) is 3. The molecule has 7 heteroatoms. The number of primary amides is 1. The molecule has 0 aromatic carbocycles. The molecule has 0 aliphatic heterocycles. The fourth-order valence-corrected chi connectivity index (χ4v) is 2.33. The van der Waals surface area contributed by atoms with Crippen molar-refractivity contribution in [1.82, 2.24) is 15.0 Å². The summed E-state index contributed by atoms with van der Waals surface area (Å²) in [5.74, 6) is -0.0548. The van der Waals surface area contributed by atoms with E-state index in [1.807, 2.05) is 12.1 Å². The summed E-state index contributed by atoms with van der Waals surface area (Å²) in [5.41, 5.74) is 8.46. The first-order valence-electron chi connectivity index (χ1n) is 7.75. The van der Waals surface area contributed by atoms with E-state index in [1.165, 1.54) is 6.08 Å². The molecule has 3 rings (SSSR count). The minimum atomic E-state index is -0.548. The van der Waals surface area contributed by atoms with E-state index in [4.69, 9.17) is 10.5 Å². The fraction of sp³-hybridized carbons (Fsp3) is 0.167. The van der Waals surface area contributed by atoms with Crippen molar-refractivity contribution < 1.29 is 14.6 Å². The number of nitrogens with two attached hydrogens (primary N) is 1. The Morgan fingerprint density at radius 3 is 2.84 bits per heavy atom. The van der Waals surface area contributed by atoms with Crippen molar-refractivity contribution in [1.29, 1.82) is 0 Å². The lowest BCUT2D eigenvalue weighted by molar-refractivity contribution is -0.113. The lowest BCUT2D eigenvalue weighted by Crippen LogP contribution is -2.13. The SMILES string of the molecule is CC(O)COc1ccc(-c2cnc3[nH]cc(/C=C/C(N)=O)c3c2)cn1. The molecule has 3 aromatic heterocycles. The van der Waals surface area contributed by atoms with Crippen LogP contribution in [0.15, 0.2) is 42.9 Å². The Balaban J connectivity index is 1.88. The monoisotopic (exact) mass is 338 g/mol. The van der Waals surface area contributed by atoms with Gasteiger partial charge in [0.05, 0.1) is 6.10 Å². The van der Waals surface area contributed by atoms with Crippen LogP contribution in [0, 0.1) is 0 Å². The molecule has 0 saturated heterocycles. The van der Waals surface area contributed by atoms with E-state index in [0.29, 0.717) is 5.88 Å². The van der Waals surface area contributed by atoms with Crippen LogP contribution < -0.4 is 10.5 Å². The third kappa shape index (κ3) is 4.02. The summed E-state index contributed by atoms with van der Waals surface area (Å²) >= 11 is 0. The number of carbonyl (C=O) groups is 1. The molecule has 25 heavy (non-hydrogen) atoms. The van der Waals surface area contributed by atoms with Crippen molar-refractivity contribution in [3.63, 3.8) is 0 Å². The van der Waals surface area contributed by atoms with Gasteiger partial charge < -0.3 is 20.6 Å². The molecule has 0 aliphatic carbocycles. The highest BCUT2D eigenvalue weighted by Crippen LogP contribution is 2.25. The van der Waals surface area contributed by atoms with Crippen LogP contribution in [0.5, 0.6) is 5.88 Å². The number of aliphatic hydroxyl groups is 1.